The summed E-state index contributed by atoms with van der Waals surface area (Å²) in [6, 6.07) is 14.8. The Morgan fingerprint density at radius 3 is 2.63 bits per heavy atom. The molecule has 3 nitrogen and oxygen atoms in total. The predicted molar refractivity (Wildman–Crippen MR) is 74.0 cm³/mol. The Morgan fingerprint density at radius 2 is 1.89 bits per heavy atom. The van der Waals surface area contributed by atoms with Crippen molar-refractivity contribution < 1.29 is 14.3 Å². The summed E-state index contributed by atoms with van der Waals surface area (Å²) in [5, 5.41) is 0. The summed E-state index contributed by atoms with van der Waals surface area (Å²) in [5.41, 5.74) is 1.64. The van der Waals surface area contributed by atoms with Gasteiger partial charge in [-0.3, -0.25) is 4.79 Å². The summed E-state index contributed by atoms with van der Waals surface area (Å²) in [4.78, 5) is 12.1. The van der Waals surface area contributed by atoms with E-state index < -0.39 is 0 Å². The van der Waals surface area contributed by atoms with Crippen molar-refractivity contribution in [2.45, 2.75) is 6.92 Å². The van der Waals surface area contributed by atoms with Crippen molar-refractivity contribution >= 4 is 5.78 Å². The van der Waals surface area contributed by atoms with Crippen LogP contribution in [-0.2, 0) is 0 Å². The van der Waals surface area contributed by atoms with E-state index in [1.54, 1.807) is 19.2 Å². The van der Waals surface area contributed by atoms with Gasteiger partial charge in [0.2, 0.25) is 5.78 Å². The largest absolute Gasteiger partial charge is 0.496 e. The predicted octanol–water partition coefficient (Wildman–Crippen LogP) is 3.27. The van der Waals surface area contributed by atoms with Gasteiger partial charge in [-0.15, -0.1) is 0 Å². The Morgan fingerprint density at radius 1 is 1.11 bits per heavy atom. The summed E-state index contributed by atoms with van der Waals surface area (Å²) in [7, 11) is 1.55. The van der Waals surface area contributed by atoms with Crippen LogP contribution in [-0.4, -0.2) is 19.5 Å². The van der Waals surface area contributed by atoms with Gasteiger partial charge in [0.05, 0.1) is 12.7 Å². The van der Waals surface area contributed by atoms with Gasteiger partial charge >= 0.3 is 0 Å². The molecule has 2 aromatic rings. The van der Waals surface area contributed by atoms with E-state index in [4.69, 9.17) is 9.47 Å². The van der Waals surface area contributed by atoms with Crippen LogP contribution in [0.25, 0.3) is 0 Å². The smallest absolute Gasteiger partial charge is 0.203 e. The molecule has 0 spiro atoms. The number of rotatable bonds is 5. The van der Waals surface area contributed by atoms with E-state index >= 15 is 0 Å². The van der Waals surface area contributed by atoms with Crippen molar-refractivity contribution in [1.82, 2.24) is 0 Å². The second kappa shape index (κ2) is 6.05. The third kappa shape index (κ3) is 3.35. The molecular formula is C16H16O3. The van der Waals surface area contributed by atoms with Crippen LogP contribution in [0.3, 0.4) is 0 Å². The van der Waals surface area contributed by atoms with Crippen LogP contribution in [0.5, 0.6) is 11.5 Å². The molecule has 98 valence electrons. The fourth-order valence-corrected chi connectivity index (χ4v) is 1.81. The zero-order valence-electron chi connectivity index (χ0n) is 11.1. The fraction of sp³-hybridized carbons (Fsp3) is 0.188. The molecule has 0 aliphatic rings. The first-order chi connectivity index (χ1) is 9.20. The van der Waals surface area contributed by atoms with Gasteiger partial charge in [-0.05, 0) is 36.8 Å². The molecule has 0 saturated carbocycles. The number of methoxy groups -OCH3 is 1. The normalized spacial score (nSPS) is 10.0. The lowest BCUT2D eigenvalue weighted by atomic mass is 10.1. The quantitative estimate of drug-likeness (QED) is 0.770. The lowest BCUT2D eigenvalue weighted by molar-refractivity contribution is 0.0918. The van der Waals surface area contributed by atoms with Gasteiger partial charge in [-0.2, -0.15) is 0 Å². The molecule has 0 saturated heterocycles. The van der Waals surface area contributed by atoms with Gasteiger partial charge in [-0.1, -0.05) is 24.3 Å². The number of carbonyl (C=O) groups is 1. The van der Waals surface area contributed by atoms with Crippen molar-refractivity contribution in [3.05, 3.63) is 59.7 Å². The molecule has 19 heavy (non-hydrogen) atoms. The first-order valence-corrected chi connectivity index (χ1v) is 6.06. The van der Waals surface area contributed by atoms with Crippen molar-refractivity contribution in [3.63, 3.8) is 0 Å². The standard InChI is InChI=1S/C16H16O3/c1-12-6-5-7-13(10-12)19-11-15(17)14-8-3-4-9-16(14)18-2/h3-10H,11H2,1-2H3. The Kier molecular flexibility index (Phi) is 4.18. The monoisotopic (exact) mass is 256 g/mol. The topological polar surface area (TPSA) is 35.5 Å². The number of carbonyl (C=O) groups excluding carboxylic acids is 1. The maximum atomic E-state index is 12.1. The first-order valence-electron chi connectivity index (χ1n) is 6.06. The molecule has 0 aliphatic carbocycles. The lowest BCUT2D eigenvalue weighted by Gasteiger charge is -2.09. The molecule has 0 atom stereocenters. The molecule has 2 aromatic carbocycles. The van der Waals surface area contributed by atoms with Gasteiger partial charge in [0, 0.05) is 0 Å². The number of hydrogen-bond acceptors (Lipinski definition) is 3. The number of Topliss-reactive ketones (excluding diaryl/α,β-unsaturated/α-hetero) is 1. The third-order valence-electron chi connectivity index (χ3n) is 2.77. The maximum absolute atomic E-state index is 12.1. The van der Waals surface area contributed by atoms with Crippen LogP contribution in [0.4, 0.5) is 0 Å². The number of hydrogen-bond donors (Lipinski definition) is 0. The minimum Gasteiger partial charge on any atom is -0.496 e. The Balaban J connectivity index is 2.05. The average molecular weight is 256 g/mol. The van der Waals surface area contributed by atoms with Crippen LogP contribution in [0.2, 0.25) is 0 Å². The van der Waals surface area contributed by atoms with Crippen LogP contribution in [0, 0.1) is 6.92 Å². The number of benzene rings is 2. The van der Waals surface area contributed by atoms with E-state index in [1.807, 2.05) is 43.3 Å². The van der Waals surface area contributed by atoms with E-state index in [1.165, 1.54) is 0 Å². The molecule has 0 aromatic heterocycles. The zero-order chi connectivity index (χ0) is 13.7. The molecule has 0 aliphatic heterocycles. The van der Waals surface area contributed by atoms with Crippen LogP contribution in [0.15, 0.2) is 48.5 Å². The van der Waals surface area contributed by atoms with Crippen molar-refractivity contribution in [1.29, 1.82) is 0 Å². The van der Waals surface area contributed by atoms with Crippen molar-refractivity contribution in [3.8, 4) is 11.5 Å². The van der Waals surface area contributed by atoms with Crippen molar-refractivity contribution in [2.24, 2.45) is 0 Å². The zero-order valence-corrected chi connectivity index (χ0v) is 11.1. The van der Waals surface area contributed by atoms with Gasteiger partial charge in [0.15, 0.2) is 6.61 Å². The molecule has 2 rings (SSSR count). The van der Waals surface area contributed by atoms with E-state index in [0.29, 0.717) is 17.1 Å². The highest BCUT2D eigenvalue weighted by atomic mass is 16.5. The summed E-state index contributed by atoms with van der Waals surface area (Å²) in [6.07, 6.45) is 0. The van der Waals surface area contributed by atoms with E-state index in [2.05, 4.69) is 0 Å². The Labute approximate surface area is 112 Å². The number of ketones is 1. The van der Waals surface area contributed by atoms with Gasteiger partial charge in [0.1, 0.15) is 11.5 Å². The van der Waals surface area contributed by atoms with Crippen molar-refractivity contribution in [2.75, 3.05) is 13.7 Å². The van der Waals surface area contributed by atoms with E-state index in [-0.39, 0.29) is 12.4 Å². The molecule has 0 heterocycles. The Bertz CT molecular complexity index is 576. The Hall–Kier alpha value is -2.29. The van der Waals surface area contributed by atoms with Crippen LogP contribution in [0.1, 0.15) is 15.9 Å². The van der Waals surface area contributed by atoms with Gasteiger partial charge in [0.25, 0.3) is 0 Å². The molecule has 3 heteroatoms. The molecule has 0 amide bonds. The van der Waals surface area contributed by atoms with E-state index in [0.717, 1.165) is 5.56 Å². The SMILES string of the molecule is COc1ccccc1C(=O)COc1cccc(C)c1. The van der Waals surface area contributed by atoms with Gasteiger partial charge in [-0.25, -0.2) is 0 Å². The number of aryl methyl sites for hydroxylation is 1. The molecule has 0 N–H and O–H groups in total. The average Bonchev–Trinajstić information content (AvgIpc) is 2.45. The number of ether oxygens (including phenoxy) is 2. The highest BCUT2D eigenvalue weighted by Crippen LogP contribution is 2.19. The summed E-state index contributed by atoms with van der Waals surface area (Å²) < 4.78 is 10.7. The second-order valence-corrected chi connectivity index (χ2v) is 4.23. The van der Waals surface area contributed by atoms with Gasteiger partial charge < -0.3 is 9.47 Å². The number of para-hydroxylation sites is 1. The van der Waals surface area contributed by atoms with E-state index in [9.17, 15) is 4.79 Å². The summed E-state index contributed by atoms with van der Waals surface area (Å²) >= 11 is 0. The molecule has 0 fully saturated rings. The molecule has 0 unspecified atom stereocenters. The van der Waals surface area contributed by atoms with Crippen LogP contribution >= 0.6 is 0 Å². The fourth-order valence-electron chi connectivity index (χ4n) is 1.81. The summed E-state index contributed by atoms with van der Waals surface area (Å²) in [6.45, 7) is 1.98. The molecule has 0 radical (unpaired) electrons. The maximum Gasteiger partial charge on any atom is 0.203 e. The second-order valence-electron chi connectivity index (χ2n) is 4.23. The highest BCUT2D eigenvalue weighted by molar-refractivity contribution is 5.99. The van der Waals surface area contributed by atoms with Crippen LogP contribution < -0.4 is 9.47 Å². The lowest BCUT2D eigenvalue weighted by Crippen LogP contribution is -2.12. The highest BCUT2D eigenvalue weighted by Gasteiger charge is 2.12. The minimum atomic E-state index is -0.0982. The summed E-state index contributed by atoms with van der Waals surface area (Å²) in [5.74, 6) is 1.17. The molecule has 0 bridgehead atoms. The molecular weight excluding hydrogens is 240 g/mol. The minimum absolute atomic E-state index is 0.00380. The first kappa shape index (κ1) is 13.1. The third-order valence-corrected chi connectivity index (χ3v) is 2.77.